The van der Waals surface area contributed by atoms with E-state index in [9.17, 15) is 8.78 Å². The van der Waals surface area contributed by atoms with Gasteiger partial charge in [0.2, 0.25) is 5.88 Å². The molecule has 2 heterocycles. The molecule has 0 aliphatic carbocycles. The van der Waals surface area contributed by atoms with Crippen LogP contribution in [0.3, 0.4) is 0 Å². The number of piperazine rings is 1. The first-order chi connectivity index (χ1) is 11.1. The van der Waals surface area contributed by atoms with E-state index in [2.05, 4.69) is 10.3 Å². The van der Waals surface area contributed by atoms with Gasteiger partial charge in [0, 0.05) is 42.8 Å². The normalized spacial score (nSPS) is 14.8. The van der Waals surface area contributed by atoms with Gasteiger partial charge in [0.05, 0.1) is 11.9 Å². The second-order valence-corrected chi connectivity index (χ2v) is 5.67. The lowest BCUT2D eigenvalue weighted by Gasteiger charge is -2.29. The van der Waals surface area contributed by atoms with Gasteiger partial charge >= 0.3 is 0 Å². The Kier molecular flexibility index (Phi) is 4.93. The fourth-order valence-electron chi connectivity index (χ4n) is 2.43. The third kappa shape index (κ3) is 3.89. The van der Waals surface area contributed by atoms with Crippen LogP contribution in [0.2, 0.25) is 5.02 Å². The molecule has 1 saturated heterocycles. The van der Waals surface area contributed by atoms with E-state index in [0.29, 0.717) is 29.4 Å². The van der Waals surface area contributed by atoms with Crippen LogP contribution >= 0.6 is 11.6 Å². The molecule has 0 bridgehead atoms. The summed E-state index contributed by atoms with van der Waals surface area (Å²) < 4.78 is 33.2. The van der Waals surface area contributed by atoms with E-state index < -0.39 is 11.6 Å². The van der Waals surface area contributed by atoms with E-state index in [-0.39, 0.29) is 12.5 Å². The van der Waals surface area contributed by atoms with Crippen molar-refractivity contribution in [2.75, 3.05) is 31.1 Å². The van der Waals surface area contributed by atoms with Crippen LogP contribution in [0.5, 0.6) is 5.88 Å². The number of nitrogens with one attached hydrogen (secondary N) is 1. The van der Waals surface area contributed by atoms with Crippen LogP contribution in [0.4, 0.5) is 14.5 Å². The van der Waals surface area contributed by atoms with Crippen LogP contribution in [-0.2, 0) is 6.61 Å². The van der Waals surface area contributed by atoms with Gasteiger partial charge in [-0.1, -0.05) is 17.7 Å². The quantitative estimate of drug-likeness (QED) is 0.929. The zero-order chi connectivity index (χ0) is 16.2. The molecule has 0 atom stereocenters. The number of benzene rings is 1. The largest absolute Gasteiger partial charge is 0.473 e. The Labute approximate surface area is 138 Å². The number of anilines is 1. The van der Waals surface area contributed by atoms with E-state index in [1.54, 1.807) is 18.2 Å². The minimum absolute atomic E-state index is 0.00261. The lowest BCUT2D eigenvalue weighted by molar-refractivity contribution is 0.287. The van der Waals surface area contributed by atoms with E-state index >= 15 is 0 Å². The highest BCUT2D eigenvalue weighted by Gasteiger charge is 2.16. The number of pyridine rings is 1. The van der Waals surface area contributed by atoms with Crippen molar-refractivity contribution in [2.45, 2.75) is 6.61 Å². The van der Waals surface area contributed by atoms with Crippen LogP contribution in [0.1, 0.15) is 5.56 Å². The second-order valence-electron chi connectivity index (χ2n) is 5.24. The van der Waals surface area contributed by atoms with Crippen molar-refractivity contribution >= 4 is 17.3 Å². The molecule has 1 N–H and O–H groups in total. The second kappa shape index (κ2) is 7.10. The predicted molar refractivity (Wildman–Crippen MR) is 85.0 cm³/mol. The number of ether oxygens (including phenoxy) is 1. The molecule has 0 amide bonds. The maximum atomic E-state index is 14.0. The summed E-state index contributed by atoms with van der Waals surface area (Å²) in [6, 6.07) is 5.92. The number of aromatic nitrogens is 1. The van der Waals surface area contributed by atoms with E-state index in [1.165, 1.54) is 6.07 Å². The molecule has 4 nitrogen and oxygen atoms in total. The van der Waals surface area contributed by atoms with Gasteiger partial charge in [-0.2, -0.15) is 0 Å². The fraction of sp³-hybridized carbons (Fsp3) is 0.312. The summed E-state index contributed by atoms with van der Waals surface area (Å²) >= 11 is 5.71. The third-order valence-corrected chi connectivity index (χ3v) is 3.89. The molecule has 1 aliphatic rings. The fourth-order valence-corrected chi connectivity index (χ4v) is 2.59. The molecule has 7 heteroatoms. The highest BCUT2D eigenvalue weighted by Crippen LogP contribution is 2.24. The zero-order valence-corrected chi connectivity index (χ0v) is 13.1. The molecular formula is C16H16ClF2N3O. The van der Waals surface area contributed by atoms with E-state index in [1.807, 2.05) is 4.90 Å². The summed E-state index contributed by atoms with van der Waals surface area (Å²) in [6.07, 6.45) is 1.13. The van der Waals surface area contributed by atoms with Gasteiger partial charge in [-0.15, -0.1) is 0 Å². The SMILES string of the molecule is Fc1cc(Cl)ccc1COc1cc(N2CCNCC2)c(F)cn1. The zero-order valence-electron chi connectivity index (χ0n) is 12.4. The molecule has 1 fully saturated rings. The average molecular weight is 340 g/mol. The Hall–Kier alpha value is -1.92. The molecule has 1 aliphatic heterocycles. The number of halogens is 3. The molecule has 3 rings (SSSR count). The number of hydrogen-bond acceptors (Lipinski definition) is 4. The summed E-state index contributed by atoms with van der Waals surface area (Å²) in [4.78, 5) is 5.84. The number of hydrogen-bond donors (Lipinski definition) is 1. The van der Waals surface area contributed by atoms with Crippen molar-refractivity contribution in [2.24, 2.45) is 0 Å². The lowest BCUT2D eigenvalue weighted by Crippen LogP contribution is -2.43. The molecule has 1 aromatic heterocycles. The van der Waals surface area contributed by atoms with Gasteiger partial charge < -0.3 is 15.0 Å². The van der Waals surface area contributed by atoms with Crippen molar-refractivity contribution < 1.29 is 13.5 Å². The van der Waals surface area contributed by atoms with Crippen molar-refractivity contribution in [1.82, 2.24) is 10.3 Å². The monoisotopic (exact) mass is 339 g/mol. The van der Waals surface area contributed by atoms with Crippen molar-refractivity contribution in [3.8, 4) is 5.88 Å². The summed E-state index contributed by atoms with van der Waals surface area (Å²) in [5.74, 6) is -0.576. The summed E-state index contributed by atoms with van der Waals surface area (Å²) in [5, 5.41) is 3.54. The van der Waals surface area contributed by atoms with Gasteiger partial charge in [0.1, 0.15) is 12.4 Å². The molecule has 0 radical (unpaired) electrons. The molecule has 122 valence electrons. The van der Waals surface area contributed by atoms with E-state index in [4.69, 9.17) is 16.3 Å². The first kappa shape index (κ1) is 16.0. The summed E-state index contributed by atoms with van der Waals surface area (Å²) in [7, 11) is 0. The van der Waals surface area contributed by atoms with Gasteiger partial charge in [-0.3, -0.25) is 0 Å². The minimum Gasteiger partial charge on any atom is -0.473 e. The number of rotatable bonds is 4. The molecule has 23 heavy (non-hydrogen) atoms. The number of nitrogens with zero attached hydrogens (tertiary/aromatic N) is 2. The van der Waals surface area contributed by atoms with Gasteiger partial charge in [-0.25, -0.2) is 13.8 Å². The van der Waals surface area contributed by atoms with Crippen LogP contribution in [0.15, 0.2) is 30.5 Å². The van der Waals surface area contributed by atoms with E-state index in [0.717, 1.165) is 19.3 Å². The molecular weight excluding hydrogens is 324 g/mol. The maximum absolute atomic E-state index is 14.0. The van der Waals surface area contributed by atoms with Crippen molar-refractivity contribution in [1.29, 1.82) is 0 Å². The highest BCUT2D eigenvalue weighted by molar-refractivity contribution is 6.30. The third-order valence-electron chi connectivity index (χ3n) is 3.66. The topological polar surface area (TPSA) is 37.4 Å². The van der Waals surface area contributed by atoms with Crippen LogP contribution in [-0.4, -0.2) is 31.2 Å². The Morgan fingerprint density at radius 2 is 1.96 bits per heavy atom. The van der Waals surface area contributed by atoms with Gasteiger partial charge in [-0.05, 0) is 12.1 Å². The van der Waals surface area contributed by atoms with Gasteiger partial charge in [0.25, 0.3) is 0 Å². The molecule has 1 aromatic carbocycles. The van der Waals surface area contributed by atoms with Crippen molar-refractivity contribution in [3.63, 3.8) is 0 Å². The highest BCUT2D eigenvalue weighted by atomic mass is 35.5. The molecule has 2 aromatic rings. The minimum atomic E-state index is -0.443. The average Bonchev–Trinajstić information content (AvgIpc) is 2.56. The van der Waals surface area contributed by atoms with Gasteiger partial charge in [0.15, 0.2) is 5.82 Å². The molecule has 0 spiro atoms. The first-order valence-electron chi connectivity index (χ1n) is 7.31. The lowest BCUT2D eigenvalue weighted by atomic mass is 10.2. The summed E-state index contributed by atoms with van der Waals surface area (Å²) in [6.45, 7) is 3.03. The van der Waals surface area contributed by atoms with Crippen LogP contribution in [0, 0.1) is 11.6 Å². The smallest absolute Gasteiger partial charge is 0.215 e. The summed E-state index contributed by atoms with van der Waals surface area (Å²) in [5.41, 5.74) is 0.817. The van der Waals surface area contributed by atoms with Crippen molar-refractivity contribution in [3.05, 3.63) is 52.7 Å². The molecule has 0 unspecified atom stereocenters. The first-order valence-corrected chi connectivity index (χ1v) is 7.69. The predicted octanol–water partition coefficient (Wildman–Crippen LogP) is 3.00. The van der Waals surface area contributed by atoms with Crippen LogP contribution in [0.25, 0.3) is 0 Å². The Bertz CT molecular complexity index is 693. The standard InChI is InChI=1S/C16H16ClF2N3O/c17-12-2-1-11(13(18)7-12)10-23-16-8-15(14(19)9-21-16)22-5-3-20-4-6-22/h1-2,7-9,20H,3-6,10H2. The molecule has 0 saturated carbocycles. The maximum Gasteiger partial charge on any atom is 0.215 e. The Morgan fingerprint density at radius 3 is 2.70 bits per heavy atom. The Morgan fingerprint density at radius 1 is 1.17 bits per heavy atom. The Balaban J connectivity index is 1.72. The van der Waals surface area contributed by atoms with Crippen LogP contribution < -0.4 is 15.0 Å².